The third kappa shape index (κ3) is 2.65. The maximum absolute atomic E-state index is 12.7. The maximum atomic E-state index is 12.7. The van der Waals surface area contributed by atoms with Crippen LogP contribution in [-0.2, 0) is 4.79 Å². The summed E-state index contributed by atoms with van der Waals surface area (Å²) in [5, 5.41) is 3.35. The second-order valence-corrected chi connectivity index (χ2v) is 6.14. The monoisotopic (exact) mass is 240 g/mol. The second-order valence-electron chi connectivity index (χ2n) is 6.14. The van der Waals surface area contributed by atoms with E-state index in [4.69, 9.17) is 0 Å². The zero-order valence-electron chi connectivity index (χ0n) is 12.2. The first-order valence-electron chi connectivity index (χ1n) is 6.81. The van der Waals surface area contributed by atoms with Gasteiger partial charge in [0.1, 0.15) is 0 Å². The molecule has 1 saturated heterocycles. The molecule has 0 spiro atoms. The molecule has 3 heteroatoms. The molecule has 0 aromatic carbocycles. The lowest BCUT2D eigenvalue weighted by Crippen LogP contribution is -2.50. The molecule has 1 amide bonds. The molecule has 1 fully saturated rings. The van der Waals surface area contributed by atoms with Crippen LogP contribution in [-0.4, -0.2) is 37.0 Å². The highest BCUT2D eigenvalue weighted by Gasteiger charge is 2.46. The lowest BCUT2D eigenvalue weighted by Gasteiger charge is -2.38. The number of hydrogen-bond acceptors (Lipinski definition) is 2. The molecule has 3 nitrogen and oxygen atoms in total. The zero-order valence-corrected chi connectivity index (χ0v) is 12.2. The summed E-state index contributed by atoms with van der Waals surface area (Å²) in [6, 6.07) is 0.304. The largest absolute Gasteiger partial charge is 0.342 e. The molecule has 0 aromatic heterocycles. The van der Waals surface area contributed by atoms with Crippen LogP contribution in [0.4, 0.5) is 0 Å². The van der Waals surface area contributed by atoms with Crippen LogP contribution in [0.1, 0.15) is 41.0 Å². The quantitative estimate of drug-likeness (QED) is 0.816. The van der Waals surface area contributed by atoms with Crippen LogP contribution in [0.25, 0.3) is 0 Å². The molecular weight excluding hydrogens is 212 g/mol. The highest BCUT2D eigenvalue weighted by Crippen LogP contribution is 2.36. The van der Waals surface area contributed by atoms with Gasteiger partial charge in [-0.2, -0.15) is 0 Å². The lowest BCUT2D eigenvalue weighted by atomic mass is 9.75. The van der Waals surface area contributed by atoms with E-state index in [1.807, 2.05) is 11.9 Å². The number of nitrogens with one attached hydrogen (secondary N) is 1. The first-order chi connectivity index (χ1) is 7.83. The third-order valence-electron chi connectivity index (χ3n) is 4.62. The van der Waals surface area contributed by atoms with Gasteiger partial charge in [-0.05, 0) is 31.7 Å². The number of carbonyl (C=O) groups excluding carboxylic acids is 1. The van der Waals surface area contributed by atoms with Crippen molar-refractivity contribution >= 4 is 5.91 Å². The third-order valence-corrected chi connectivity index (χ3v) is 4.62. The van der Waals surface area contributed by atoms with Crippen molar-refractivity contribution in [1.29, 1.82) is 0 Å². The van der Waals surface area contributed by atoms with E-state index in [0.717, 1.165) is 19.5 Å². The van der Waals surface area contributed by atoms with E-state index >= 15 is 0 Å². The summed E-state index contributed by atoms with van der Waals surface area (Å²) < 4.78 is 0. The average Bonchev–Trinajstić information content (AvgIpc) is 2.76. The number of hydrogen-bond donors (Lipinski definition) is 1. The van der Waals surface area contributed by atoms with Gasteiger partial charge in [-0.25, -0.2) is 0 Å². The summed E-state index contributed by atoms with van der Waals surface area (Å²) in [4.78, 5) is 14.7. The molecule has 2 unspecified atom stereocenters. The van der Waals surface area contributed by atoms with Crippen LogP contribution in [0, 0.1) is 17.3 Å². The fourth-order valence-corrected chi connectivity index (χ4v) is 2.62. The van der Waals surface area contributed by atoms with E-state index in [2.05, 4.69) is 39.9 Å². The van der Waals surface area contributed by atoms with Crippen molar-refractivity contribution in [3.8, 4) is 0 Å². The van der Waals surface area contributed by atoms with E-state index in [-0.39, 0.29) is 5.41 Å². The van der Waals surface area contributed by atoms with Gasteiger partial charge in [-0.15, -0.1) is 0 Å². The first-order valence-corrected chi connectivity index (χ1v) is 6.81. The van der Waals surface area contributed by atoms with Crippen molar-refractivity contribution in [2.75, 3.05) is 20.1 Å². The van der Waals surface area contributed by atoms with Crippen molar-refractivity contribution in [3.05, 3.63) is 0 Å². The summed E-state index contributed by atoms with van der Waals surface area (Å²) in [7, 11) is 1.95. The Morgan fingerprint density at radius 2 is 1.82 bits per heavy atom. The van der Waals surface area contributed by atoms with E-state index in [0.29, 0.717) is 23.8 Å². The Morgan fingerprint density at radius 1 is 1.24 bits per heavy atom. The SMILES string of the molecule is CC(C)C(C)N(C)C(=O)C1(C(C)C)CCNC1. The molecular formula is C14H28N2O. The lowest BCUT2D eigenvalue weighted by molar-refractivity contribution is -0.145. The van der Waals surface area contributed by atoms with Crippen LogP contribution in [0.15, 0.2) is 0 Å². The maximum Gasteiger partial charge on any atom is 0.230 e. The van der Waals surface area contributed by atoms with Crippen LogP contribution in [0.2, 0.25) is 0 Å². The Labute approximate surface area is 106 Å². The Balaban J connectivity index is 2.86. The van der Waals surface area contributed by atoms with Crippen LogP contribution in [0.3, 0.4) is 0 Å². The van der Waals surface area contributed by atoms with Crippen molar-refractivity contribution < 1.29 is 4.79 Å². The molecule has 0 radical (unpaired) electrons. The van der Waals surface area contributed by atoms with Gasteiger partial charge in [0.15, 0.2) is 0 Å². The summed E-state index contributed by atoms with van der Waals surface area (Å²) >= 11 is 0. The van der Waals surface area contributed by atoms with Crippen LogP contribution < -0.4 is 5.32 Å². The molecule has 100 valence electrons. The predicted octanol–water partition coefficient (Wildman–Crippen LogP) is 2.12. The first kappa shape index (κ1) is 14.5. The smallest absolute Gasteiger partial charge is 0.230 e. The van der Waals surface area contributed by atoms with Gasteiger partial charge in [0.2, 0.25) is 5.91 Å². The molecule has 1 aliphatic heterocycles. The highest BCUT2D eigenvalue weighted by atomic mass is 16.2. The summed E-state index contributed by atoms with van der Waals surface area (Å²) in [5.74, 6) is 1.22. The highest BCUT2D eigenvalue weighted by molar-refractivity contribution is 5.83. The molecule has 0 aliphatic carbocycles. The van der Waals surface area contributed by atoms with E-state index in [1.165, 1.54) is 0 Å². The number of rotatable bonds is 4. The Hall–Kier alpha value is -0.570. The molecule has 2 atom stereocenters. The van der Waals surface area contributed by atoms with Crippen molar-refractivity contribution in [2.45, 2.75) is 47.1 Å². The van der Waals surface area contributed by atoms with Gasteiger partial charge >= 0.3 is 0 Å². The Kier molecular flexibility index (Phi) is 4.59. The number of nitrogens with zero attached hydrogens (tertiary/aromatic N) is 1. The minimum Gasteiger partial charge on any atom is -0.342 e. The second kappa shape index (κ2) is 5.38. The van der Waals surface area contributed by atoms with Gasteiger partial charge in [-0.1, -0.05) is 27.7 Å². The summed E-state index contributed by atoms with van der Waals surface area (Å²) in [6.07, 6.45) is 0.971. The Morgan fingerprint density at radius 3 is 2.18 bits per heavy atom. The fraction of sp³-hybridized carbons (Fsp3) is 0.929. The fourth-order valence-electron chi connectivity index (χ4n) is 2.62. The van der Waals surface area contributed by atoms with Gasteiger partial charge in [0, 0.05) is 19.6 Å². The van der Waals surface area contributed by atoms with Crippen molar-refractivity contribution in [3.63, 3.8) is 0 Å². The van der Waals surface area contributed by atoms with E-state index in [1.54, 1.807) is 0 Å². The topological polar surface area (TPSA) is 32.3 Å². The van der Waals surface area contributed by atoms with E-state index in [9.17, 15) is 4.79 Å². The Bertz CT molecular complexity index is 267. The molecule has 0 bridgehead atoms. The van der Waals surface area contributed by atoms with Crippen molar-refractivity contribution in [1.82, 2.24) is 10.2 Å². The van der Waals surface area contributed by atoms with E-state index < -0.39 is 0 Å². The van der Waals surface area contributed by atoms with Crippen LogP contribution in [0.5, 0.6) is 0 Å². The zero-order chi connectivity index (χ0) is 13.2. The van der Waals surface area contributed by atoms with Crippen LogP contribution >= 0.6 is 0 Å². The number of amides is 1. The van der Waals surface area contributed by atoms with Gasteiger partial charge < -0.3 is 10.2 Å². The molecule has 1 heterocycles. The molecule has 17 heavy (non-hydrogen) atoms. The molecule has 0 aromatic rings. The standard InChI is InChI=1S/C14H28N2O/c1-10(2)12(5)16(6)13(17)14(11(3)4)7-8-15-9-14/h10-12,15H,7-9H2,1-6H3. The number of carbonyl (C=O) groups is 1. The molecule has 1 N–H and O–H groups in total. The summed E-state index contributed by atoms with van der Waals surface area (Å²) in [6.45, 7) is 12.6. The van der Waals surface area contributed by atoms with Crippen molar-refractivity contribution in [2.24, 2.45) is 17.3 Å². The van der Waals surface area contributed by atoms with Gasteiger partial charge in [0.25, 0.3) is 0 Å². The predicted molar refractivity (Wildman–Crippen MR) is 71.8 cm³/mol. The minimum atomic E-state index is -0.183. The normalized spacial score (nSPS) is 26.6. The molecule has 1 aliphatic rings. The molecule has 0 saturated carbocycles. The summed E-state index contributed by atoms with van der Waals surface area (Å²) in [5.41, 5.74) is -0.183. The minimum absolute atomic E-state index is 0.183. The molecule has 1 rings (SSSR count). The van der Waals surface area contributed by atoms with Gasteiger partial charge in [0.05, 0.1) is 5.41 Å². The average molecular weight is 240 g/mol. The van der Waals surface area contributed by atoms with Gasteiger partial charge in [-0.3, -0.25) is 4.79 Å².